The second kappa shape index (κ2) is 5.88. The van der Waals surface area contributed by atoms with E-state index >= 15 is 0 Å². The summed E-state index contributed by atoms with van der Waals surface area (Å²) in [6, 6.07) is 8.79. The molecular formula is C14H9BrF2N2O. The zero-order valence-electron chi connectivity index (χ0n) is 10.2. The van der Waals surface area contributed by atoms with E-state index in [0.717, 1.165) is 6.07 Å². The molecule has 0 amide bonds. The zero-order valence-corrected chi connectivity index (χ0v) is 11.7. The summed E-state index contributed by atoms with van der Waals surface area (Å²) in [6.45, 7) is -0.324. The molecule has 0 aliphatic carbocycles. The normalized spacial score (nSPS) is 10.1. The van der Waals surface area contributed by atoms with Gasteiger partial charge in [0.1, 0.15) is 30.1 Å². The van der Waals surface area contributed by atoms with Gasteiger partial charge < -0.3 is 10.5 Å². The molecule has 0 atom stereocenters. The van der Waals surface area contributed by atoms with E-state index in [4.69, 9.17) is 15.7 Å². The number of rotatable bonds is 3. The van der Waals surface area contributed by atoms with E-state index in [1.165, 1.54) is 18.2 Å². The Morgan fingerprint density at radius 3 is 2.70 bits per heavy atom. The molecule has 2 rings (SSSR count). The highest BCUT2D eigenvalue weighted by atomic mass is 79.9. The first kappa shape index (κ1) is 14.3. The molecule has 2 aromatic rings. The summed E-state index contributed by atoms with van der Waals surface area (Å²) in [7, 11) is 0. The van der Waals surface area contributed by atoms with E-state index in [2.05, 4.69) is 15.9 Å². The van der Waals surface area contributed by atoms with E-state index in [1.807, 2.05) is 6.07 Å². The fraction of sp³-hybridized carbons (Fsp3) is 0.0714. The zero-order chi connectivity index (χ0) is 14.7. The van der Waals surface area contributed by atoms with Crippen molar-refractivity contribution >= 4 is 21.6 Å². The lowest BCUT2D eigenvalue weighted by Gasteiger charge is -2.10. The molecule has 0 saturated heterocycles. The Kier molecular flexibility index (Phi) is 4.20. The third-order valence-electron chi connectivity index (χ3n) is 2.63. The Morgan fingerprint density at radius 1 is 1.25 bits per heavy atom. The Morgan fingerprint density at radius 2 is 2.00 bits per heavy atom. The molecule has 3 nitrogen and oxygen atoms in total. The van der Waals surface area contributed by atoms with Crippen molar-refractivity contribution in [3.05, 3.63) is 57.6 Å². The first-order valence-corrected chi connectivity index (χ1v) is 6.37. The minimum Gasteiger partial charge on any atom is -0.487 e. The average molecular weight is 339 g/mol. The van der Waals surface area contributed by atoms with Gasteiger partial charge >= 0.3 is 0 Å². The van der Waals surface area contributed by atoms with Crippen LogP contribution in [0.15, 0.2) is 34.8 Å². The first-order chi connectivity index (χ1) is 9.52. The van der Waals surface area contributed by atoms with Gasteiger partial charge in [-0.3, -0.25) is 0 Å². The minimum atomic E-state index is -0.723. The van der Waals surface area contributed by atoms with E-state index in [9.17, 15) is 8.78 Å². The van der Waals surface area contributed by atoms with Gasteiger partial charge in [0.25, 0.3) is 0 Å². The number of anilines is 1. The second-order valence-electron chi connectivity index (χ2n) is 3.98. The molecule has 0 aliphatic heterocycles. The molecule has 0 saturated carbocycles. The quantitative estimate of drug-likeness (QED) is 0.684. The van der Waals surface area contributed by atoms with Crippen molar-refractivity contribution in [1.29, 1.82) is 5.26 Å². The van der Waals surface area contributed by atoms with Crippen LogP contribution in [-0.2, 0) is 6.61 Å². The van der Waals surface area contributed by atoms with Crippen LogP contribution in [0.1, 0.15) is 11.1 Å². The fourth-order valence-electron chi connectivity index (χ4n) is 1.61. The lowest BCUT2D eigenvalue weighted by Crippen LogP contribution is -2.04. The van der Waals surface area contributed by atoms with Crippen LogP contribution in [0, 0.1) is 23.0 Å². The number of nitrogens with zero attached hydrogens (tertiary/aromatic N) is 1. The largest absolute Gasteiger partial charge is 0.487 e. The fourth-order valence-corrected chi connectivity index (χ4v) is 1.98. The monoisotopic (exact) mass is 338 g/mol. The van der Waals surface area contributed by atoms with Crippen molar-refractivity contribution in [3.63, 3.8) is 0 Å². The van der Waals surface area contributed by atoms with Crippen LogP contribution in [0.4, 0.5) is 14.5 Å². The van der Waals surface area contributed by atoms with Gasteiger partial charge in [0.15, 0.2) is 0 Å². The molecule has 0 aromatic heterocycles. The van der Waals surface area contributed by atoms with E-state index in [-0.39, 0.29) is 28.0 Å². The first-order valence-electron chi connectivity index (χ1n) is 5.57. The van der Waals surface area contributed by atoms with Crippen LogP contribution in [-0.4, -0.2) is 0 Å². The minimum absolute atomic E-state index is 0.148. The molecule has 2 aromatic carbocycles. The summed E-state index contributed by atoms with van der Waals surface area (Å²) in [4.78, 5) is 0. The summed E-state index contributed by atoms with van der Waals surface area (Å²) < 4.78 is 32.8. The van der Waals surface area contributed by atoms with Crippen LogP contribution in [0.3, 0.4) is 0 Å². The van der Waals surface area contributed by atoms with Gasteiger partial charge in [0.2, 0.25) is 0 Å². The lowest BCUT2D eigenvalue weighted by atomic mass is 10.2. The van der Waals surface area contributed by atoms with Gasteiger partial charge in [-0.15, -0.1) is 0 Å². The highest BCUT2D eigenvalue weighted by Crippen LogP contribution is 2.25. The molecule has 102 valence electrons. The van der Waals surface area contributed by atoms with E-state index < -0.39 is 11.6 Å². The Balaban J connectivity index is 2.26. The standard InChI is InChI=1S/C14H9BrF2N2O/c15-11-2-3-12(16)10(14(11)17)7-20-13-4-1-9(19)5-8(13)6-18/h1-5H,7,19H2. The molecule has 0 fully saturated rings. The van der Waals surface area contributed by atoms with Crippen LogP contribution in [0.2, 0.25) is 0 Å². The summed E-state index contributed by atoms with van der Waals surface area (Å²) >= 11 is 2.98. The SMILES string of the molecule is N#Cc1cc(N)ccc1OCc1c(F)ccc(Br)c1F. The van der Waals surface area contributed by atoms with Gasteiger partial charge in [0.05, 0.1) is 15.6 Å². The number of hydrogen-bond acceptors (Lipinski definition) is 3. The predicted molar refractivity (Wildman–Crippen MR) is 74.0 cm³/mol. The molecule has 0 aliphatic rings. The van der Waals surface area contributed by atoms with Crippen LogP contribution in [0.25, 0.3) is 0 Å². The molecule has 0 heterocycles. The lowest BCUT2D eigenvalue weighted by molar-refractivity contribution is 0.291. The Bertz CT molecular complexity index is 698. The molecule has 0 unspecified atom stereocenters. The number of nitriles is 1. The molecule has 20 heavy (non-hydrogen) atoms. The number of halogens is 3. The second-order valence-corrected chi connectivity index (χ2v) is 4.83. The average Bonchev–Trinajstić information content (AvgIpc) is 2.44. The van der Waals surface area contributed by atoms with Crippen LogP contribution in [0.5, 0.6) is 5.75 Å². The third kappa shape index (κ3) is 2.89. The Labute approximate surface area is 122 Å². The molecule has 0 bridgehead atoms. The number of hydrogen-bond donors (Lipinski definition) is 1. The number of nitrogen functional groups attached to an aromatic ring is 1. The maximum absolute atomic E-state index is 13.8. The maximum atomic E-state index is 13.8. The maximum Gasteiger partial charge on any atom is 0.146 e. The van der Waals surface area contributed by atoms with E-state index in [1.54, 1.807) is 6.07 Å². The van der Waals surface area contributed by atoms with Crippen molar-refractivity contribution < 1.29 is 13.5 Å². The van der Waals surface area contributed by atoms with Gasteiger partial charge in [-0.05, 0) is 46.3 Å². The molecule has 0 radical (unpaired) electrons. The number of ether oxygens (including phenoxy) is 1. The summed E-state index contributed by atoms with van der Waals surface area (Å²) in [5.41, 5.74) is 5.96. The van der Waals surface area contributed by atoms with Crippen molar-refractivity contribution in [2.24, 2.45) is 0 Å². The van der Waals surface area contributed by atoms with Crippen LogP contribution >= 0.6 is 15.9 Å². The smallest absolute Gasteiger partial charge is 0.146 e. The molecule has 0 spiro atoms. The summed E-state index contributed by atoms with van der Waals surface area (Å²) in [5.74, 6) is -1.21. The van der Waals surface area contributed by atoms with Crippen molar-refractivity contribution in [2.45, 2.75) is 6.61 Å². The highest BCUT2D eigenvalue weighted by Gasteiger charge is 2.14. The van der Waals surface area contributed by atoms with Crippen molar-refractivity contribution in [1.82, 2.24) is 0 Å². The Hall–Kier alpha value is -2.13. The van der Waals surface area contributed by atoms with Crippen molar-refractivity contribution in [3.8, 4) is 11.8 Å². The number of benzene rings is 2. The predicted octanol–water partition coefficient (Wildman–Crippen LogP) is 3.76. The third-order valence-corrected chi connectivity index (χ3v) is 3.25. The van der Waals surface area contributed by atoms with E-state index in [0.29, 0.717) is 5.69 Å². The topological polar surface area (TPSA) is 59.0 Å². The molecular weight excluding hydrogens is 330 g/mol. The van der Waals surface area contributed by atoms with Gasteiger partial charge in [0, 0.05) is 5.69 Å². The summed E-state index contributed by atoms with van der Waals surface area (Å²) in [6.07, 6.45) is 0. The van der Waals surface area contributed by atoms with Gasteiger partial charge in [-0.1, -0.05) is 0 Å². The van der Waals surface area contributed by atoms with Gasteiger partial charge in [-0.25, -0.2) is 8.78 Å². The number of nitrogens with two attached hydrogens (primary N) is 1. The van der Waals surface area contributed by atoms with Crippen molar-refractivity contribution in [2.75, 3.05) is 5.73 Å². The summed E-state index contributed by atoms with van der Waals surface area (Å²) in [5, 5.41) is 8.95. The van der Waals surface area contributed by atoms with Gasteiger partial charge in [-0.2, -0.15) is 5.26 Å². The molecule has 6 heteroatoms. The van der Waals surface area contributed by atoms with Crippen LogP contribution < -0.4 is 10.5 Å². The molecule has 2 N–H and O–H groups in total. The highest BCUT2D eigenvalue weighted by molar-refractivity contribution is 9.10.